The predicted molar refractivity (Wildman–Crippen MR) is 171 cm³/mol. The zero-order valence-electron chi connectivity index (χ0n) is 26.5. The van der Waals surface area contributed by atoms with Gasteiger partial charge in [0.15, 0.2) is 0 Å². The van der Waals surface area contributed by atoms with Crippen molar-refractivity contribution in [2.75, 3.05) is 13.2 Å². The van der Waals surface area contributed by atoms with Crippen LogP contribution < -0.4 is 0 Å². The molecular weight excluding hydrogens is 532 g/mol. The Balaban J connectivity index is 3.78. The topological polar surface area (TPSA) is 113 Å². The third-order valence-corrected chi connectivity index (χ3v) is 6.78. The van der Waals surface area contributed by atoms with Gasteiger partial charge in [-0.05, 0) is 32.1 Å². The summed E-state index contributed by atoms with van der Waals surface area (Å²) in [4.78, 5) is 23.7. The number of carbonyl (C=O) groups excluding carboxylic acids is 2. The van der Waals surface area contributed by atoms with Crippen LogP contribution in [0.1, 0.15) is 129 Å². The fourth-order valence-corrected chi connectivity index (χ4v) is 4.18. The van der Waals surface area contributed by atoms with Crippen LogP contribution in [0.3, 0.4) is 0 Å². The molecule has 0 radical (unpaired) electrons. The van der Waals surface area contributed by atoms with Crippen LogP contribution >= 0.6 is 0 Å². The van der Waals surface area contributed by atoms with E-state index in [-0.39, 0.29) is 31.7 Å². The smallest absolute Gasteiger partial charge is 0.305 e. The van der Waals surface area contributed by atoms with Gasteiger partial charge in [-0.25, -0.2) is 0 Å². The summed E-state index contributed by atoms with van der Waals surface area (Å²) in [5, 5.41) is 29.8. The van der Waals surface area contributed by atoms with Crippen LogP contribution in [0.5, 0.6) is 0 Å². The zero-order chi connectivity index (χ0) is 31.1. The number of aliphatic hydroxyl groups is 3. The Bertz CT molecular complexity index is 756. The van der Waals surface area contributed by atoms with Crippen molar-refractivity contribution in [2.24, 2.45) is 0 Å². The van der Waals surface area contributed by atoms with Crippen LogP contribution in [0.25, 0.3) is 0 Å². The van der Waals surface area contributed by atoms with E-state index in [4.69, 9.17) is 9.47 Å². The SMILES string of the molecule is CCCCCCCCCCCC(=O)OC[C@@H](O)COC(=O)CCC[C@@H](O)/C=C/C=C\C/C=C\C=C\[C@@H](O)CCCCC. The molecule has 0 spiro atoms. The highest BCUT2D eigenvalue weighted by Gasteiger charge is 2.12. The summed E-state index contributed by atoms with van der Waals surface area (Å²) in [5.74, 6) is -0.793. The summed E-state index contributed by atoms with van der Waals surface area (Å²) in [5.41, 5.74) is 0. The van der Waals surface area contributed by atoms with Gasteiger partial charge in [0.2, 0.25) is 0 Å². The van der Waals surface area contributed by atoms with Crippen LogP contribution in [-0.4, -0.2) is 58.8 Å². The number of hydrogen-bond donors (Lipinski definition) is 3. The third kappa shape index (κ3) is 29.3. The fraction of sp³-hybridized carbons (Fsp3) is 0.714. The van der Waals surface area contributed by atoms with Gasteiger partial charge in [0, 0.05) is 12.8 Å². The van der Waals surface area contributed by atoms with Crippen LogP contribution in [0, 0.1) is 0 Å². The Hall–Kier alpha value is -2.22. The van der Waals surface area contributed by atoms with E-state index in [9.17, 15) is 24.9 Å². The van der Waals surface area contributed by atoms with Gasteiger partial charge in [0.1, 0.15) is 19.3 Å². The van der Waals surface area contributed by atoms with E-state index < -0.39 is 18.2 Å². The number of rotatable bonds is 28. The molecule has 0 aliphatic heterocycles. The summed E-state index contributed by atoms with van der Waals surface area (Å²) in [7, 11) is 0. The van der Waals surface area contributed by atoms with Crippen molar-refractivity contribution in [1.29, 1.82) is 0 Å². The molecule has 0 fully saturated rings. The van der Waals surface area contributed by atoms with Gasteiger partial charge in [-0.2, -0.15) is 0 Å². The first-order chi connectivity index (χ1) is 20.4. The lowest BCUT2D eigenvalue weighted by molar-refractivity contribution is -0.152. The summed E-state index contributed by atoms with van der Waals surface area (Å²) in [6.07, 6.45) is 29.5. The number of allylic oxidation sites excluding steroid dienone is 6. The van der Waals surface area contributed by atoms with Gasteiger partial charge in [-0.15, -0.1) is 0 Å². The average molecular weight is 593 g/mol. The Morgan fingerprint density at radius 3 is 1.52 bits per heavy atom. The van der Waals surface area contributed by atoms with Crippen LogP contribution in [0.4, 0.5) is 0 Å². The van der Waals surface area contributed by atoms with E-state index in [1.165, 1.54) is 38.5 Å². The van der Waals surface area contributed by atoms with E-state index >= 15 is 0 Å². The molecule has 3 atom stereocenters. The second kappa shape index (κ2) is 30.2. The molecule has 0 heterocycles. The lowest BCUT2D eigenvalue weighted by Crippen LogP contribution is -2.25. The van der Waals surface area contributed by atoms with Gasteiger partial charge in [0.05, 0.1) is 12.2 Å². The monoisotopic (exact) mass is 592 g/mol. The molecule has 7 heteroatoms. The molecule has 42 heavy (non-hydrogen) atoms. The molecule has 0 aliphatic carbocycles. The minimum Gasteiger partial charge on any atom is -0.463 e. The first kappa shape index (κ1) is 39.8. The molecule has 0 aliphatic rings. The van der Waals surface area contributed by atoms with E-state index in [2.05, 4.69) is 13.8 Å². The molecule has 0 saturated carbocycles. The quantitative estimate of drug-likeness (QED) is 0.0491. The normalized spacial score (nSPS) is 14.3. The van der Waals surface area contributed by atoms with Crippen molar-refractivity contribution in [3.63, 3.8) is 0 Å². The predicted octanol–water partition coefficient (Wildman–Crippen LogP) is 7.44. The minimum atomic E-state index is -1.05. The number of hydrogen-bond acceptors (Lipinski definition) is 7. The van der Waals surface area contributed by atoms with Crippen LogP contribution in [-0.2, 0) is 19.1 Å². The molecule has 3 N–H and O–H groups in total. The van der Waals surface area contributed by atoms with Gasteiger partial charge < -0.3 is 24.8 Å². The van der Waals surface area contributed by atoms with Crippen molar-refractivity contribution in [3.05, 3.63) is 48.6 Å². The number of esters is 2. The van der Waals surface area contributed by atoms with Gasteiger partial charge >= 0.3 is 11.9 Å². The summed E-state index contributed by atoms with van der Waals surface area (Å²) >= 11 is 0. The van der Waals surface area contributed by atoms with E-state index in [0.717, 1.165) is 51.4 Å². The molecular formula is C35H60O7. The molecule has 0 rings (SSSR count). The van der Waals surface area contributed by atoms with Crippen molar-refractivity contribution < 1.29 is 34.4 Å². The molecule has 0 aromatic rings. The first-order valence-corrected chi connectivity index (χ1v) is 16.4. The zero-order valence-corrected chi connectivity index (χ0v) is 26.5. The molecule has 0 aromatic heterocycles. The largest absolute Gasteiger partial charge is 0.463 e. The molecule has 0 aromatic carbocycles. The second-order valence-electron chi connectivity index (χ2n) is 11.0. The molecule has 0 bridgehead atoms. The molecule has 0 saturated heterocycles. The average Bonchev–Trinajstić information content (AvgIpc) is 2.97. The standard InChI is InChI=1S/C35H60O7/c1-3-5-7-8-9-10-14-17-21-27-34(39)41-29-33(38)30-42-35(40)28-22-26-32(37)25-20-16-13-11-12-15-19-24-31(36)23-18-6-4-2/h12-13,15-16,19-20,24-25,31-33,36-38H,3-11,14,17-18,21-23,26-30H2,1-2H3/b15-12-,16-13-,24-19+,25-20+/t31-,32-,33+/m0/s1. The lowest BCUT2D eigenvalue weighted by Gasteiger charge is -2.12. The van der Waals surface area contributed by atoms with Crippen molar-refractivity contribution in [3.8, 4) is 0 Å². The molecule has 0 amide bonds. The maximum absolute atomic E-state index is 11.9. The molecule has 242 valence electrons. The number of unbranched alkanes of at least 4 members (excludes halogenated alkanes) is 10. The van der Waals surface area contributed by atoms with E-state index in [1.54, 1.807) is 18.2 Å². The lowest BCUT2D eigenvalue weighted by atomic mass is 10.1. The summed E-state index contributed by atoms with van der Waals surface area (Å²) in [6.45, 7) is 3.95. The van der Waals surface area contributed by atoms with Crippen molar-refractivity contribution in [1.82, 2.24) is 0 Å². The highest BCUT2D eigenvalue weighted by molar-refractivity contribution is 5.69. The Morgan fingerprint density at radius 1 is 0.571 bits per heavy atom. The Morgan fingerprint density at radius 2 is 1.00 bits per heavy atom. The third-order valence-electron chi connectivity index (χ3n) is 6.78. The first-order valence-electron chi connectivity index (χ1n) is 16.4. The van der Waals surface area contributed by atoms with Crippen molar-refractivity contribution >= 4 is 11.9 Å². The van der Waals surface area contributed by atoms with Crippen molar-refractivity contribution in [2.45, 2.75) is 148 Å². The number of aliphatic hydroxyl groups excluding tert-OH is 3. The van der Waals surface area contributed by atoms with Gasteiger partial charge in [0.25, 0.3) is 0 Å². The summed E-state index contributed by atoms with van der Waals surface area (Å²) in [6, 6.07) is 0. The molecule has 7 nitrogen and oxygen atoms in total. The Labute approximate surface area is 255 Å². The fourth-order valence-electron chi connectivity index (χ4n) is 4.18. The maximum atomic E-state index is 11.9. The maximum Gasteiger partial charge on any atom is 0.305 e. The van der Waals surface area contributed by atoms with E-state index in [0.29, 0.717) is 19.3 Å². The number of ether oxygens (including phenoxy) is 2. The van der Waals surface area contributed by atoms with Gasteiger partial charge in [-0.3, -0.25) is 9.59 Å². The second-order valence-corrected chi connectivity index (χ2v) is 11.0. The highest BCUT2D eigenvalue weighted by Crippen LogP contribution is 2.11. The summed E-state index contributed by atoms with van der Waals surface area (Å²) < 4.78 is 10.1. The molecule has 0 unspecified atom stereocenters. The van der Waals surface area contributed by atoms with E-state index in [1.807, 2.05) is 30.4 Å². The van der Waals surface area contributed by atoms with Crippen LogP contribution in [0.2, 0.25) is 0 Å². The van der Waals surface area contributed by atoms with Gasteiger partial charge in [-0.1, -0.05) is 133 Å². The number of carbonyl (C=O) groups is 2. The Kier molecular flexibility index (Phi) is 28.6. The minimum absolute atomic E-state index is 0.136. The highest BCUT2D eigenvalue weighted by atomic mass is 16.6. The van der Waals surface area contributed by atoms with Crippen LogP contribution in [0.15, 0.2) is 48.6 Å².